The molecule has 3 N–H and O–H groups in total. The lowest BCUT2D eigenvalue weighted by Crippen LogP contribution is -2.12. The maximum absolute atomic E-state index is 10.5. The Kier molecular flexibility index (Phi) is 3.62. The van der Waals surface area contributed by atoms with Crippen LogP contribution >= 0.6 is 0 Å². The molecule has 0 amide bonds. The summed E-state index contributed by atoms with van der Waals surface area (Å²) in [5, 5.41) is 10.5. The van der Waals surface area contributed by atoms with Gasteiger partial charge in [0.1, 0.15) is 5.82 Å². The highest BCUT2D eigenvalue weighted by molar-refractivity contribution is 5.75. The van der Waals surface area contributed by atoms with Gasteiger partial charge in [-0.2, -0.15) is 0 Å². The fourth-order valence-corrected chi connectivity index (χ4v) is 2.68. The second-order valence-electron chi connectivity index (χ2n) is 5.13. The topological polar surface area (TPSA) is 64.1 Å². The van der Waals surface area contributed by atoms with E-state index in [4.69, 9.17) is 5.73 Å². The normalized spacial score (nSPS) is 12.7. The van der Waals surface area contributed by atoms with Gasteiger partial charge in [-0.3, -0.25) is 0 Å². The number of fused-ring (bicyclic) bond motifs is 1. The number of hydrogen-bond acceptors (Lipinski definition) is 3. The zero-order chi connectivity index (χ0) is 14.8. The highest BCUT2D eigenvalue weighted by Crippen LogP contribution is 2.24. The number of aryl methyl sites for hydroxylation is 1. The van der Waals surface area contributed by atoms with Gasteiger partial charge in [-0.1, -0.05) is 37.3 Å². The van der Waals surface area contributed by atoms with Gasteiger partial charge in [-0.25, -0.2) is 4.98 Å². The minimum absolute atomic E-state index is 0.456. The summed E-state index contributed by atoms with van der Waals surface area (Å²) >= 11 is 0. The maximum Gasteiger partial charge on any atom is 0.109 e. The molecule has 4 nitrogen and oxygen atoms in total. The van der Waals surface area contributed by atoms with Gasteiger partial charge in [0.25, 0.3) is 0 Å². The van der Waals surface area contributed by atoms with Crippen molar-refractivity contribution < 1.29 is 5.11 Å². The molecular formula is C17H19N3O. The van der Waals surface area contributed by atoms with Gasteiger partial charge in [-0.05, 0) is 18.2 Å². The van der Waals surface area contributed by atoms with Crippen molar-refractivity contribution in [1.29, 1.82) is 0 Å². The third-order valence-corrected chi connectivity index (χ3v) is 3.76. The maximum atomic E-state index is 10.5. The number of hydrogen-bond donors (Lipinski definition) is 2. The summed E-state index contributed by atoms with van der Waals surface area (Å²) in [5.74, 6) is 0.977. The Morgan fingerprint density at radius 3 is 2.62 bits per heavy atom. The molecule has 3 aromatic rings. The molecule has 108 valence electrons. The molecule has 3 rings (SSSR count). The first kappa shape index (κ1) is 13.6. The predicted octanol–water partition coefficient (Wildman–Crippen LogP) is 2.91. The first-order valence-corrected chi connectivity index (χ1v) is 7.17. The molecule has 0 fully saturated rings. The number of aliphatic hydroxyl groups excluding tert-OH is 1. The Balaban J connectivity index is 1.99. The number of rotatable bonds is 4. The van der Waals surface area contributed by atoms with Crippen molar-refractivity contribution in [1.82, 2.24) is 9.55 Å². The minimum atomic E-state index is -0.644. The number of benzene rings is 2. The summed E-state index contributed by atoms with van der Waals surface area (Å²) in [6, 6.07) is 15.4. The van der Waals surface area contributed by atoms with Crippen LogP contribution in [0, 0.1) is 0 Å². The number of nitrogen functional groups attached to an aromatic ring is 1. The first-order valence-electron chi connectivity index (χ1n) is 7.17. The lowest BCUT2D eigenvalue weighted by molar-refractivity contribution is 0.157. The summed E-state index contributed by atoms with van der Waals surface area (Å²) < 4.78 is 2.08. The second-order valence-corrected chi connectivity index (χ2v) is 5.13. The fourth-order valence-electron chi connectivity index (χ4n) is 2.68. The molecule has 0 aliphatic heterocycles. The number of aromatic nitrogens is 2. The van der Waals surface area contributed by atoms with Crippen LogP contribution in [0.15, 0.2) is 48.5 Å². The molecule has 0 spiro atoms. The highest BCUT2D eigenvalue weighted by Gasteiger charge is 2.15. The van der Waals surface area contributed by atoms with Crippen molar-refractivity contribution in [2.24, 2.45) is 0 Å². The molecule has 0 saturated carbocycles. The summed E-state index contributed by atoms with van der Waals surface area (Å²) in [6.45, 7) is 2.53. The van der Waals surface area contributed by atoms with Crippen LogP contribution in [0.5, 0.6) is 0 Å². The standard InChI is InChI=1S/C17H19N3O/c1-2-17-19-14-9-5-6-10-15(14)20(17)11-16(21)12-7-3-4-8-13(12)18/h3-10,16,21H,2,11,18H2,1H3. The van der Waals surface area contributed by atoms with E-state index in [1.54, 1.807) is 0 Å². The molecule has 1 aromatic heterocycles. The van der Waals surface area contributed by atoms with E-state index in [9.17, 15) is 5.11 Å². The van der Waals surface area contributed by atoms with Crippen molar-refractivity contribution in [3.63, 3.8) is 0 Å². The van der Waals surface area contributed by atoms with Crippen LogP contribution in [0.4, 0.5) is 5.69 Å². The quantitative estimate of drug-likeness (QED) is 0.723. The van der Waals surface area contributed by atoms with Crippen molar-refractivity contribution in [3.8, 4) is 0 Å². The van der Waals surface area contributed by atoms with E-state index in [0.717, 1.165) is 28.8 Å². The Labute approximate surface area is 123 Å². The summed E-state index contributed by atoms with van der Waals surface area (Å²) in [7, 11) is 0. The molecule has 0 radical (unpaired) electrons. The van der Waals surface area contributed by atoms with Crippen LogP contribution in [-0.2, 0) is 13.0 Å². The largest absolute Gasteiger partial charge is 0.398 e. The van der Waals surface area contributed by atoms with Crippen LogP contribution in [0.3, 0.4) is 0 Å². The fraction of sp³-hybridized carbons (Fsp3) is 0.235. The Hall–Kier alpha value is -2.33. The molecule has 21 heavy (non-hydrogen) atoms. The summed E-state index contributed by atoms with van der Waals surface area (Å²) in [5.41, 5.74) is 9.33. The van der Waals surface area contributed by atoms with Gasteiger partial charge in [0, 0.05) is 17.7 Å². The van der Waals surface area contributed by atoms with Crippen LogP contribution in [-0.4, -0.2) is 14.7 Å². The zero-order valence-electron chi connectivity index (χ0n) is 12.0. The average molecular weight is 281 g/mol. The van der Waals surface area contributed by atoms with Gasteiger partial charge in [0.05, 0.1) is 23.7 Å². The third-order valence-electron chi connectivity index (χ3n) is 3.76. The Bertz CT molecular complexity index is 764. The number of para-hydroxylation sites is 3. The molecule has 0 aliphatic carbocycles. The van der Waals surface area contributed by atoms with Crippen LogP contribution in [0.2, 0.25) is 0 Å². The predicted molar refractivity (Wildman–Crippen MR) is 84.9 cm³/mol. The van der Waals surface area contributed by atoms with Crippen LogP contribution < -0.4 is 5.73 Å². The van der Waals surface area contributed by atoms with E-state index in [0.29, 0.717) is 12.2 Å². The van der Waals surface area contributed by atoms with E-state index < -0.39 is 6.10 Å². The molecule has 1 unspecified atom stereocenters. The van der Waals surface area contributed by atoms with E-state index in [1.807, 2.05) is 48.5 Å². The van der Waals surface area contributed by atoms with Crippen molar-refractivity contribution in [3.05, 3.63) is 59.9 Å². The molecule has 4 heteroatoms. The molecule has 0 bridgehead atoms. The number of anilines is 1. The number of imidazole rings is 1. The minimum Gasteiger partial charge on any atom is -0.398 e. The smallest absolute Gasteiger partial charge is 0.109 e. The van der Waals surface area contributed by atoms with E-state index >= 15 is 0 Å². The molecule has 1 heterocycles. The molecule has 1 atom stereocenters. The third kappa shape index (κ3) is 2.50. The molecule has 2 aromatic carbocycles. The van der Waals surface area contributed by atoms with Gasteiger partial charge in [-0.15, -0.1) is 0 Å². The van der Waals surface area contributed by atoms with Crippen molar-refractivity contribution >= 4 is 16.7 Å². The highest BCUT2D eigenvalue weighted by atomic mass is 16.3. The Morgan fingerprint density at radius 2 is 1.86 bits per heavy atom. The Morgan fingerprint density at radius 1 is 1.14 bits per heavy atom. The first-order chi connectivity index (χ1) is 10.2. The van der Waals surface area contributed by atoms with E-state index in [-0.39, 0.29) is 0 Å². The van der Waals surface area contributed by atoms with Gasteiger partial charge in [0.15, 0.2) is 0 Å². The molecule has 0 aliphatic rings. The number of nitrogens with zero attached hydrogens (tertiary/aromatic N) is 2. The zero-order valence-corrected chi connectivity index (χ0v) is 12.0. The second kappa shape index (κ2) is 5.58. The van der Waals surface area contributed by atoms with Crippen molar-refractivity contribution in [2.75, 3.05) is 5.73 Å². The lowest BCUT2D eigenvalue weighted by Gasteiger charge is -2.16. The van der Waals surface area contributed by atoms with Gasteiger partial charge in [0.2, 0.25) is 0 Å². The van der Waals surface area contributed by atoms with Crippen molar-refractivity contribution in [2.45, 2.75) is 26.0 Å². The van der Waals surface area contributed by atoms with E-state index in [2.05, 4.69) is 16.5 Å². The SMILES string of the molecule is CCc1nc2ccccc2n1CC(O)c1ccccc1N. The number of nitrogens with two attached hydrogens (primary N) is 1. The van der Waals surface area contributed by atoms with Crippen LogP contribution in [0.25, 0.3) is 11.0 Å². The molecular weight excluding hydrogens is 262 g/mol. The lowest BCUT2D eigenvalue weighted by atomic mass is 10.1. The summed E-state index contributed by atoms with van der Waals surface area (Å²) in [6.07, 6.45) is 0.181. The monoisotopic (exact) mass is 281 g/mol. The summed E-state index contributed by atoms with van der Waals surface area (Å²) in [4.78, 5) is 4.62. The number of aliphatic hydroxyl groups is 1. The molecule has 0 saturated heterocycles. The average Bonchev–Trinajstić information content (AvgIpc) is 2.86. The van der Waals surface area contributed by atoms with Gasteiger partial charge < -0.3 is 15.4 Å². The van der Waals surface area contributed by atoms with Crippen LogP contribution in [0.1, 0.15) is 24.4 Å². The van der Waals surface area contributed by atoms with E-state index in [1.165, 1.54) is 0 Å². The van der Waals surface area contributed by atoms with Gasteiger partial charge >= 0.3 is 0 Å².